The van der Waals surface area contributed by atoms with Crippen molar-refractivity contribution >= 4 is 96.8 Å². The summed E-state index contributed by atoms with van der Waals surface area (Å²) in [5, 5.41) is -42.7. The van der Waals surface area contributed by atoms with E-state index in [2.05, 4.69) is 0 Å². The van der Waals surface area contributed by atoms with Gasteiger partial charge in [0.25, 0.3) is 0 Å². The smallest absolute Gasteiger partial charge is 0.270 e. The van der Waals surface area contributed by atoms with E-state index in [0.717, 1.165) is 0 Å². The molecule has 0 aliphatic rings. The van der Waals surface area contributed by atoms with E-state index in [1.165, 1.54) is 0 Å². The van der Waals surface area contributed by atoms with Crippen LogP contribution in [-0.2, 0) is 90.1 Å². The molecule has 368 valence electrons. The molecule has 0 spiro atoms. The van der Waals surface area contributed by atoms with Crippen LogP contribution in [0.25, 0.3) is 0 Å². The summed E-state index contributed by atoms with van der Waals surface area (Å²) in [4.78, 5) is 65.7. The number of hydrogen-bond acceptors (Lipinski definition) is 18. The highest BCUT2D eigenvalue weighted by Crippen LogP contribution is 2.37. The standard InChI is InChI=1S/C18H11F18N3O18S6/c19-13(20,58(31,46)47)7(40)37(8(41)14(21,22)59(32,48)49)4-1-2-6(39(11(44)17(27,28)62(35,54)55)12(45)18(29,30)63(36,56)57)3-5-38(9(42)15(23,24)60(33,50)51)10(43)16(25,26)61(34,52)53/h6H,1-5H2. The number of alkyl halides is 12. The molecule has 0 radical (unpaired) electrons. The molecular formula is C18H11F18N3O18S6. The van der Waals surface area contributed by atoms with Gasteiger partial charge in [0.15, 0.2) is 0 Å². The van der Waals surface area contributed by atoms with E-state index in [1.807, 2.05) is 0 Å². The molecule has 0 fully saturated rings. The zero-order chi connectivity index (χ0) is 51.3. The number of imide groups is 3. The van der Waals surface area contributed by atoms with Crippen molar-refractivity contribution in [2.24, 2.45) is 0 Å². The van der Waals surface area contributed by atoms with Crippen molar-refractivity contribution in [2.45, 2.75) is 56.8 Å². The van der Waals surface area contributed by atoms with Gasteiger partial charge >= 0.3 is 128 Å². The van der Waals surface area contributed by atoms with Crippen molar-refractivity contribution < 1.29 is 155 Å². The first kappa shape index (κ1) is 58.9. The largest absolute Gasteiger partial charge is 0.451 e. The lowest BCUT2D eigenvalue weighted by molar-refractivity contribution is -0.169. The van der Waals surface area contributed by atoms with Crippen molar-refractivity contribution in [3.8, 4) is 0 Å². The molecule has 63 heavy (non-hydrogen) atoms. The Hall–Kier alpha value is -4.14. The summed E-state index contributed by atoms with van der Waals surface area (Å²) in [6.45, 7) is -6.36. The van der Waals surface area contributed by atoms with Gasteiger partial charge in [-0.15, -0.1) is 0 Å². The number of rotatable bonds is 20. The van der Waals surface area contributed by atoms with Crippen molar-refractivity contribution in [1.29, 1.82) is 0 Å². The lowest BCUT2D eigenvalue weighted by atomic mass is 10.0. The average Bonchev–Trinajstić information content (AvgIpc) is 3.05. The maximum atomic E-state index is 14.4. The average molecular weight is 1090 g/mol. The molecule has 0 heterocycles. The van der Waals surface area contributed by atoms with Crippen LogP contribution in [0.1, 0.15) is 19.3 Å². The molecular weight excluding hydrogens is 1080 g/mol. The third-order valence-electron chi connectivity index (χ3n) is 6.72. The lowest BCUT2D eigenvalue weighted by Gasteiger charge is -2.35. The first-order valence-corrected chi connectivity index (χ1v) is 22.0. The summed E-state index contributed by atoms with van der Waals surface area (Å²) in [5.41, 5.74) is 0. The molecule has 0 aromatic heterocycles. The van der Waals surface area contributed by atoms with E-state index in [1.54, 1.807) is 0 Å². The highest BCUT2D eigenvalue weighted by Gasteiger charge is 2.67. The van der Waals surface area contributed by atoms with Gasteiger partial charge < -0.3 is 0 Å². The molecule has 0 saturated carbocycles. The van der Waals surface area contributed by atoms with Gasteiger partial charge in [0.05, 0.1) is 0 Å². The monoisotopic (exact) mass is 1090 g/mol. The molecule has 1 unspecified atom stereocenters. The fourth-order valence-corrected chi connectivity index (χ4v) is 5.60. The van der Waals surface area contributed by atoms with Crippen LogP contribution in [0.15, 0.2) is 0 Å². The van der Waals surface area contributed by atoms with E-state index in [9.17, 15) is 155 Å². The molecule has 0 saturated heterocycles. The molecule has 0 aromatic rings. The van der Waals surface area contributed by atoms with E-state index in [4.69, 9.17) is 0 Å². The van der Waals surface area contributed by atoms with Gasteiger partial charge in [-0.3, -0.25) is 43.5 Å². The number of hydrogen-bond donors (Lipinski definition) is 0. The van der Waals surface area contributed by atoms with Gasteiger partial charge in [-0.1, -0.05) is 23.3 Å². The first-order valence-electron chi connectivity index (χ1n) is 13.7. The van der Waals surface area contributed by atoms with Crippen molar-refractivity contribution in [1.82, 2.24) is 14.7 Å². The van der Waals surface area contributed by atoms with Crippen molar-refractivity contribution in [2.75, 3.05) is 13.1 Å². The Morgan fingerprint density at radius 2 is 0.524 bits per heavy atom. The Kier molecular flexibility index (Phi) is 16.5. The summed E-state index contributed by atoms with van der Waals surface area (Å²) < 4.78 is 379. The van der Waals surface area contributed by atoms with E-state index in [0.29, 0.717) is 0 Å². The summed E-state index contributed by atoms with van der Waals surface area (Å²) in [5.74, 6) is -27.0. The van der Waals surface area contributed by atoms with Crippen molar-refractivity contribution in [3.05, 3.63) is 0 Å². The summed E-state index contributed by atoms with van der Waals surface area (Å²) >= 11 is 0. The normalized spacial score (nSPS) is 15.0. The van der Waals surface area contributed by atoms with E-state index >= 15 is 0 Å². The molecule has 0 aliphatic carbocycles. The Bertz CT molecular complexity index is 2440. The second kappa shape index (κ2) is 17.7. The van der Waals surface area contributed by atoms with Gasteiger partial charge in [0.1, 0.15) is 0 Å². The molecule has 45 heteroatoms. The van der Waals surface area contributed by atoms with Crippen LogP contribution >= 0.6 is 0 Å². The minimum absolute atomic E-state index is 2.35. The van der Waals surface area contributed by atoms with E-state index in [-0.39, 0.29) is 0 Å². The van der Waals surface area contributed by atoms with E-state index < -0.39 is 181 Å². The topological polar surface area (TPSA) is 317 Å². The zero-order valence-electron chi connectivity index (χ0n) is 28.1. The van der Waals surface area contributed by atoms with Crippen LogP contribution in [0.3, 0.4) is 0 Å². The summed E-state index contributed by atoms with van der Waals surface area (Å²) in [6, 6.07) is -4.36. The molecule has 21 nitrogen and oxygen atoms in total. The van der Waals surface area contributed by atoms with Gasteiger partial charge in [0, 0.05) is 19.1 Å². The zero-order valence-corrected chi connectivity index (χ0v) is 33.0. The van der Waals surface area contributed by atoms with Crippen LogP contribution in [0.4, 0.5) is 76.0 Å². The van der Waals surface area contributed by atoms with Crippen LogP contribution < -0.4 is 0 Å². The maximum Gasteiger partial charge on any atom is 0.451 e. The fourth-order valence-electron chi connectivity index (χ4n) is 3.71. The minimum Gasteiger partial charge on any atom is -0.270 e. The van der Waals surface area contributed by atoms with Crippen LogP contribution in [-0.4, -0.2) is 151 Å². The SMILES string of the molecule is O=C(N(CCCC(CCN(C(=O)C(F)(F)S(=O)(=O)F)C(=O)C(F)(F)S(=O)(=O)F)N(C(=O)C(F)(F)S(=O)(=O)F)C(=O)C(F)(F)S(=O)(=O)F)C(=O)C(F)(F)S(=O)(=O)F)C(F)(F)S(=O)(=O)F. The molecule has 0 rings (SSSR count). The Balaban J connectivity index is 8.50. The predicted octanol–water partition coefficient (Wildman–Crippen LogP) is -0.0565. The third kappa shape index (κ3) is 11.6. The molecule has 0 aliphatic heterocycles. The Morgan fingerprint density at radius 3 is 0.730 bits per heavy atom. The number of carbonyl (C=O) groups excluding carboxylic acids is 6. The summed E-state index contributed by atoms with van der Waals surface area (Å²) in [6.07, 6.45) is -8.53. The molecule has 0 N–H and O–H groups in total. The van der Waals surface area contributed by atoms with Gasteiger partial charge in [-0.2, -0.15) is 103 Å². The quantitative estimate of drug-likeness (QED) is 0.114. The predicted molar refractivity (Wildman–Crippen MR) is 153 cm³/mol. The lowest BCUT2D eigenvalue weighted by Crippen LogP contribution is -2.60. The second-order valence-corrected chi connectivity index (χ2v) is 19.1. The highest BCUT2D eigenvalue weighted by atomic mass is 32.3. The van der Waals surface area contributed by atoms with Crippen LogP contribution in [0, 0.1) is 0 Å². The third-order valence-corrected chi connectivity index (χ3v) is 11.4. The van der Waals surface area contributed by atoms with Gasteiger partial charge in [-0.05, 0) is 19.3 Å². The van der Waals surface area contributed by atoms with Crippen LogP contribution in [0.2, 0.25) is 0 Å². The highest BCUT2D eigenvalue weighted by molar-refractivity contribution is 7.89. The molecule has 0 aromatic carbocycles. The minimum atomic E-state index is -8.19. The first-order chi connectivity index (χ1) is 27.2. The van der Waals surface area contributed by atoms with Gasteiger partial charge in [-0.25, -0.2) is 0 Å². The number of amides is 6. The summed E-state index contributed by atoms with van der Waals surface area (Å²) in [7, 11) is -48.3. The Morgan fingerprint density at radius 1 is 0.333 bits per heavy atom. The second-order valence-electron chi connectivity index (χ2n) is 10.8. The molecule has 1 atom stereocenters. The number of halogens is 18. The van der Waals surface area contributed by atoms with Crippen molar-refractivity contribution in [3.63, 3.8) is 0 Å². The fraction of sp³-hybridized carbons (Fsp3) is 0.667. The van der Waals surface area contributed by atoms with Crippen LogP contribution in [0.5, 0.6) is 0 Å². The van der Waals surface area contributed by atoms with Gasteiger partial charge in [0.2, 0.25) is 0 Å². The number of nitrogens with zero attached hydrogens (tertiary/aromatic N) is 3. The molecule has 0 bridgehead atoms. The maximum absolute atomic E-state index is 14.4. The number of carbonyl (C=O) groups is 6. The Labute approximate surface area is 336 Å². The molecule has 6 amide bonds.